The Morgan fingerprint density at radius 3 is 2.65 bits per heavy atom. The molecule has 0 saturated carbocycles. The Balaban J connectivity index is 2.90. The molecule has 0 unspecified atom stereocenters. The highest BCUT2D eigenvalue weighted by Gasteiger charge is 2.16. The van der Waals surface area contributed by atoms with E-state index in [1.54, 1.807) is 12.1 Å². The summed E-state index contributed by atoms with van der Waals surface area (Å²) < 4.78 is 5.03. The van der Waals surface area contributed by atoms with Crippen LogP contribution in [0.25, 0.3) is 0 Å². The number of aliphatic hydroxyl groups is 2. The topological polar surface area (TPSA) is 105 Å². The van der Waals surface area contributed by atoms with Crippen LogP contribution in [0.4, 0.5) is 5.69 Å². The normalized spacial score (nSPS) is 10.4. The van der Waals surface area contributed by atoms with E-state index < -0.39 is 11.9 Å². The van der Waals surface area contributed by atoms with Crippen LogP contribution in [-0.2, 0) is 0 Å². The number of rotatable bonds is 5. The van der Waals surface area contributed by atoms with Gasteiger partial charge in [0.05, 0.1) is 31.9 Å². The fourth-order valence-corrected chi connectivity index (χ4v) is 1.32. The highest BCUT2D eigenvalue weighted by atomic mass is 16.5. The van der Waals surface area contributed by atoms with Gasteiger partial charge in [-0.3, -0.25) is 4.79 Å². The monoisotopic (exact) mass is 240 g/mol. The zero-order valence-electron chi connectivity index (χ0n) is 9.51. The first-order chi connectivity index (χ1) is 8.12. The minimum absolute atomic E-state index is 0.263. The Morgan fingerprint density at radius 2 is 2.12 bits per heavy atom. The summed E-state index contributed by atoms with van der Waals surface area (Å²) in [5, 5.41) is 20.2. The van der Waals surface area contributed by atoms with Gasteiger partial charge in [0.2, 0.25) is 0 Å². The lowest BCUT2D eigenvalue weighted by Gasteiger charge is -2.15. The Labute approximate surface area is 99.0 Å². The number of anilines is 1. The van der Waals surface area contributed by atoms with Crippen molar-refractivity contribution >= 4 is 11.6 Å². The maximum atomic E-state index is 11.8. The zero-order chi connectivity index (χ0) is 12.8. The van der Waals surface area contributed by atoms with Crippen molar-refractivity contribution in [1.82, 2.24) is 5.32 Å². The van der Waals surface area contributed by atoms with E-state index in [1.807, 2.05) is 0 Å². The molecule has 0 radical (unpaired) electrons. The molecule has 0 aliphatic heterocycles. The minimum atomic E-state index is -0.700. The van der Waals surface area contributed by atoms with Crippen LogP contribution in [0.2, 0.25) is 0 Å². The van der Waals surface area contributed by atoms with Gasteiger partial charge in [-0.05, 0) is 18.2 Å². The van der Waals surface area contributed by atoms with Crippen molar-refractivity contribution in [1.29, 1.82) is 0 Å². The Hall–Kier alpha value is -1.79. The molecule has 0 bridgehead atoms. The lowest BCUT2D eigenvalue weighted by atomic mass is 10.1. The molecule has 0 atom stereocenters. The Morgan fingerprint density at radius 1 is 1.47 bits per heavy atom. The number of ether oxygens (including phenoxy) is 1. The molecule has 1 rings (SSSR count). The van der Waals surface area contributed by atoms with E-state index in [1.165, 1.54) is 13.2 Å². The van der Waals surface area contributed by atoms with Gasteiger partial charge in [0.15, 0.2) is 0 Å². The lowest BCUT2D eigenvalue weighted by molar-refractivity contribution is 0.0876. The van der Waals surface area contributed by atoms with Gasteiger partial charge < -0.3 is 26.0 Å². The molecule has 0 spiro atoms. The number of hydrogen-bond donors (Lipinski definition) is 4. The number of nitrogens with one attached hydrogen (secondary N) is 1. The first-order valence-electron chi connectivity index (χ1n) is 5.08. The molecule has 0 saturated heterocycles. The van der Waals surface area contributed by atoms with E-state index in [2.05, 4.69) is 5.32 Å². The number of carbonyl (C=O) groups is 1. The summed E-state index contributed by atoms with van der Waals surface area (Å²) >= 11 is 0. The van der Waals surface area contributed by atoms with Crippen LogP contribution in [0.1, 0.15) is 10.4 Å². The third-order valence-corrected chi connectivity index (χ3v) is 2.24. The largest absolute Gasteiger partial charge is 0.496 e. The van der Waals surface area contributed by atoms with Crippen molar-refractivity contribution in [2.75, 3.05) is 26.1 Å². The second kappa shape index (κ2) is 6.07. The van der Waals surface area contributed by atoms with Crippen LogP contribution < -0.4 is 15.8 Å². The lowest BCUT2D eigenvalue weighted by Crippen LogP contribution is -2.40. The van der Waals surface area contributed by atoms with Crippen molar-refractivity contribution in [3.8, 4) is 5.75 Å². The molecule has 6 heteroatoms. The van der Waals surface area contributed by atoms with E-state index in [0.717, 1.165) is 0 Å². The summed E-state index contributed by atoms with van der Waals surface area (Å²) in [5.74, 6) is -0.0754. The first-order valence-corrected chi connectivity index (χ1v) is 5.08. The predicted octanol–water partition coefficient (Wildman–Crippen LogP) is -0.640. The highest BCUT2D eigenvalue weighted by Crippen LogP contribution is 2.20. The van der Waals surface area contributed by atoms with E-state index in [-0.39, 0.29) is 18.8 Å². The van der Waals surface area contributed by atoms with Crippen molar-refractivity contribution < 1.29 is 19.7 Å². The summed E-state index contributed by atoms with van der Waals surface area (Å²) in [5.41, 5.74) is 6.28. The minimum Gasteiger partial charge on any atom is -0.496 e. The Kier molecular flexibility index (Phi) is 4.74. The number of benzene rings is 1. The van der Waals surface area contributed by atoms with E-state index in [9.17, 15) is 4.79 Å². The molecule has 1 aromatic carbocycles. The zero-order valence-corrected chi connectivity index (χ0v) is 9.51. The Bertz CT molecular complexity index is 391. The second-order valence-corrected chi connectivity index (χ2v) is 3.50. The van der Waals surface area contributed by atoms with Crippen LogP contribution in [0, 0.1) is 0 Å². The quantitative estimate of drug-likeness (QED) is 0.512. The van der Waals surface area contributed by atoms with Gasteiger partial charge in [-0.25, -0.2) is 0 Å². The maximum absolute atomic E-state index is 11.8. The van der Waals surface area contributed by atoms with Crippen LogP contribution in [0.3, 0.4) is 0 Å². The smallest absolute Gasteiger partial charge is 0.255 e. The van der Waals surface area contributed by atoms with E-state index in [4.69, 9.17) is 20.7 Å². The van der Waals surface area contributed by atoms with Crippen LogP contribution in [0.15, 0.2) is 18.2 Å². The molecule has 0 aliphatic rings. The molecule has 6 nitrogen and oxygen atoms in total. The van der Waals surface area contributed by atoms with Gasteiger partial charge >= 0.3 is 0 Å². The third kappa shape index (κ3) is 3.33. The number of amides is 1. The van der Waals surface area contributed by atoms with Gasteiger partial charge in [-0.2, -0.15) is 0 Å². The fraction of sp³-hybridized carbons (Fsp3) is 0.364. The molecule has 17 heavy (non-hydrogen) atoms. The average Bonchev–Trinajstić information content (AvgIpc) is 2.35. The average molecular weight is 240 g/mol. The SMILES string of the molecule is COc1ccc(N)cc1C(=O)NC(CO)CO. The molecule has 0 aromatic heterocycles. The van der Waals surface area contributed by atoms with E-state index >= 15 is 0 Å². The summed E-state index contributed by atoms with van der Waals surface area (Å²) in [6.45, 7) is -0.681. The summed E-state index contributed by atoms with van der Waals surface area (Å²) in [6, 6.07) is 3.97. The second-order valence-electron chi connectivity index (χ2n) is 3.50. The van der Waals surface area contributed by atoms with Crippen LogP contribution >= 0.6 is 0 Å². The first kappa shape index (κ1) is 13.3. The molecule has 0 heterocycles. The summed E-state index contributed by atoms with van der Waals surface area (Å²) in [7, 11) is 1.44. The number of nitrogen functional groups attached to an aromatic ring is 1. The van der Waals surface area contributed by atoms with Gasteiger partial charge in [-0.15, -0.1) is 0 Å². The van der Waals surface area contributed by atoms with Crippen molar-refractivity contribution in [3.63, 3.8) is 0 Å². The van der Waals surface area contributed by atoms with Gasteiger partial charge in [0.1, 0.15) is 5.75 Å². The molecule has 0 fully saturated rings. The fourth-order valence-electron chi connectivity index (χ4n) is 1.32. The maximum Gasteiger partial charge on any atom is 0.255 e. The highest BCUT2D eigenvalue weighted by molar-refractivity contribution is 5.98. The molecule has 1 aromatic rings. The molecular weight excluding hydrogens is 224 g/mol. The molecule has 1 amide bonds. The third-order valence-electron chi connectivity index (χ3n) is 2.24. The van der Waals surface area contributed by atoms with Crippen molar-refractivity contribution in [3.05, 3.63) is 23.8 Å². The predicted molar refractivity (Wildman–Crippen MR) is 62.8 cm³/mol. The van der Waals surface area contributed by atoms with Gasteiger partial charge in [0.25, 0.3) is 5.91 Å². The van der Waals surface area contributed by atoms with Crippen LogP contribution in [-0.4, -0.2) is 42.5 Å². The summed E-state index contributed by atoms with van der Waals surface area (Å²) in [4.78, 5) is 11.8. The van der Waals surface area contributed by atoms with Gasteiger partial charge in [0, 0.05) is 5.69 Å². The van der Waals surface area contributed by atoms with Gasteiger partial charge in [-0.1, -0.05) is 0 Å². The number of hydrogen-bond acceptors (Lipinski definition) is 5. The summed E-state index contributed by atoms with van der Waals surface area (Å²) in [6.07, 6.45) is 0. The van der Waals surface area contributed by atoms with Crippen molar-refractivity contribution in [2.45, 2.75) is 6.04 Å². The number of carbonyl (C=O) groups excluding carboxylic acids is 1. The number of nitrogens with two attached hydrogens (primary N) is 1. The molecule has 5 N–H and O–H groups in total. The van der Waals surface area contributed by atoms with Crippen molar-refractivity contribution in [2.24, 2.45) is 0 Å². The van der Waals surface area contributed by atoms with Crippen LogP contribution in [0.5, 0.6) is 5.75 Å². The number of aliphatic hydroxyl groups excluding tert-OH is 2. The molecular formula is C11H16N2O4. The number of methoxy groups -OCH3 is 1. The standard InChI is InChI=1S/C11H16N2O4/c1-17-10-3-2-7(12)4-9(10)11(16)13-8(5-14)6-15/h2-4,8,14-15H,5-6,12H2,1H3,(H,13,16). The molecule has 94 valence electrons. The molecule has 0 aliphatic carbocycles. The van der Waals surface area contributed by atoms with E-state index in [0.29, 0.717) is 11.4 Å².